The maximum Gasteiger partial charge on any atom is 0.200 e. The lowest BCUT2D eigenvalue weighted by molar-refractivity contribution is 0.313. The fraction of sp³-hybridized carbons (Fsp3) is 0.565. The normalized spacial score (nSPS) is 20.9. The predicted molar refractivity (Wildman–Crippen MR) is 104 cm³/mol. The zero-order valence-corrected chi connectivity index (χ0v) is 16.1. The van der Waals surface area contributed by atoms with Crippen molar-refractivity contribution in [3.63, 3.8) is 0 Å². The summed E-state index contributed by atoms with van der Waals surface area (Å²) >= 11 is 0. The fourth-order valence-corrected chi connectivity index (χ4v) is 3.54. The number of hydrogen-bond donors (Lipinski definition) is 0. The molecule has 1 saturated carbocycles. The lowest BCUT2D eigenvalue weighted by Crippen LogP contribution is -2.11. The molecule has 0 N–H and O–H groups in total. The van der Waals surface area contributed by atoms with E-state index in [2.05, 4.69) is 31.2 Å². The van der Waals surface area contributed by atoms with Gasteiger partial charge >= 0.3 is 0 Å². The van der Waals surface area contributed by atoms with Gasteiger partial charge in [0.2, 0.25) is 5.82 Å². The maximum atomic E-state index is 14.1. The van der Waals surface area contributed by atoms with Gasteiger partial charge in [-0.25, -0.2) is 4.39 Å². The van der Waals surface area contributed by atoms with Crippen LogP contribution >= 0.6 is 0 Å². The molecule has 0 heterocycles. The van der Waals surface area contributed by atoms with Gasteiger partial charge in [-0.15, -0.1) is 0 Å². The predicted octanol–water partition coefficient (Wildman–Crippen LogP) is 7.02. The lowest BCUT2D eigenvalue weighted by Gasteiger charge is -2.24. The van der Waals surface area contributed by atoms with Crippen LogP contribution in [0.5, 0.6) is 5.75 Å². The second-order valence-electron chi connectivity index (χ2n) is 7.14. The highest BCUT2D eigenvalue weighted by atomic mass is 19.2. The summed E-state index contributed by atoms with van der Waals surface area (Å²) in [6.45, 7) is 4.29. The first-order chi connectivity index (χ1) is 12.7. The molecule has 1 nitrogen and oxygen atoms in total. The zero-order chi connectivity index (χ0) is 18.8. The van der Waals surface area contributed by atoms with Gasteiger partial charge in [-0.3, -0.25) is 0 Å². The Balaban J connectivity index is 1.76. The summed E-state index contributed by atoms with van der Waals surface area (Å²) in [7, 11) is 0. The standard InChI is InChI=1S/C23H32F2O/c1-3-5-6-9-18-12-14-19(15-13-18)10-7-8-11-20-16-17-21(26-4-2)23(25)22(20)24/h6-7,9-10,16-19H,3-5,8,11-15H2,1-2H3/b9-6+,10-7+. The van der Waals surface area contributed by atoms with E-state index in [-0.39, 0.29) is 5.75 Å². The molecule has 0 radical (unpaired) electrons. The van der Waals surface area contributed by atoms with E-state index in [9.17, 15) is 8.78 Å². The van der Waals surface area contributed by atoms with Gasteiger partial charge in [-0.05, 0) is 75.3 Å². The average Bonchev–Trinajstić information content (AvgIpc) is 2.65. The van der Waals surface area contributed by atoms with Gasteiger partial charge in [-0.2, -0.15) is 4.39 Å². The summed E-state index contributed by atoms with van der Waals surface area (Å²) in [5, 5.41) is 0. The van der Waals surface area contributed by atoms with Gasteiger partial charge in [0.05, 0.1) is 6.61 Å². The average molecular weight is 363 g/mol. The molecule has 0 bridgehead atoms. The molecule has 1 aliphatic carbocycles. The van der Waals surface area contributed by atoms with Gasteiger partial charge in [0, 0.05) is 0 Å². The van der Waals surface area contributed by atoms with Crippen molar-refractivity contribution in [1.82, 2.24) is 0 Å². The van der Waals surface area contributed by atoms with Crippen LogP contribution in [-0.2, 0) is 6.42 Å². The Bertz CT molecular complexity index is 598. The van der Waals surface area contributed by atoms with Crippen LogP contribution in [0.15, 0.2) is 36.4 Å². The summed E-state index contributed by atoms with van der Waals surface area (Å²) in [4.78, 5) is 0. The number of rotatable bonds is 9. The molecule has 0 unspecified atom stereocenters. The van der Waals surface area contributed by atoms with E-state index in [0.29, 0.717) is 24.5 Å². The van der Waals surface area contributed by atoms with E-state index in [1.54, 1.807) is 13.0 Å². The van der Waals surface area contributed by atoms with Crippen molar-refractivity contribution >= 4 is 0 Å². The van der Waals surface area contributed by atoms with Crippen molar-refractivity contribution in [2.24, 2.45) is 11.8 Å². The van der Waals surface area contributed by atoms with Crippen LogP contribution in [0, 0.1) is 23.5 Å². The molecule has 26 heavy (non-hydrogen) atoms. The molecule has 2 rings (SSSR count). The van der Waals surface area contributed by atoms with Crippen LogP contribution < -0.4 is 4.74 Å². The van der Waals surface area contributed by atoms with Gasteiger partial charge < -0.3 is 4.74 Å². The van der Waals surface area contributed by atoms with E-state index in [0.717, 1.165) is 12.3 Å². The first-order valence-electron chi connectivity index (χ1n) is 10.1. The first kappa shape index (κ1) is 20.7. The van der Waals surface area contributed by atoms with Gasteiger partial charge in [0.15, 0.2) is 11.6 Å². The van der Waals surface area contributed by atoms with Gasteiger partial charge in [0.1, 0.15) is 0 Å². The molecule has 0 aromatic heterocycles. The molecule has 1 fully saturated rings. The van der Waals surface area contributed by atoms with E-state index in [1.165, 1.54) is 44.6 Å². The van der Waals surface area contributed by atoms with Crippen molar-refractivity contribution in [3.8, 4) is 5.75 Å². The number of hydrogen-bond acceptors (Lipinski definition) is 1. The number of unbranched alkanes of at least 4 members (excludes halogenated alkanes) is 1. The van der Waals surface area contributed by atoms with Crippen LogP contribution in [0.4, 0.5) is 8.78 Å². The molecule has 0 saturated heterocycles. The second kappa shape index (κ2) is 11.2. The number of halogens is 2. The monoisotopic (exact) mass is 362 g/mol. The van der Waals surface area contributed by atoms with Crippen molar-refractivity contribution in [2.75, 3.05) is 6.61 Å². The fourth-order valence-electron chi connectivity index (χ4n) is 3.54. The number of benzene rings is 1. The Hall–Kier alpha value is -1.64. The Kier molecular flexibility index (Phi) is 8.87. The molecule has 144 valence electrons. The van der Waals surface area contributed by atoms with E-state index >= 15 is 0 Å². The largest absolute Gasteiger partial charge is 0.491 e. The molecule has 1 aromatic carbocycles. The van der Waals surface area contributed by atoms with Crippen LogP contribution in [-0.4, -0.2) is 6.61 Å². The molecule has 3 heteroatoms. The topological polar surface area (TPSA) is 9.23 Å². The third-order valence-electron chi connectivity index (χ3n) is 5.10. The van der Waals surface area contributed by atoms with E-state index in [4.69, 9.17) is 4.74 Å². The first-order valence-corrected chi connectivity index (χ1v) is 10.1. The highest BCUT2D eigenvalue weighted by Crippen LogP contribution is 2.31. The highest BCUT2D eigenvalue weighted by Gasteiger charge is 2.17. The van der Waals surface area contributed by atoms with Crippen molar-refractivity contribution in [3.05, 3.63) is 53.6 Å². The Labute approximate surface area is 157 Å². The Morgan fingerprint density at radius 2 is 1.54 bits per heavy atom. The molecule has 1 aliphatic rings. The molecular formula is C23H32F2O. The maximum absolute atomic E-state index is 14.1. The molecular weight excluding hydrogens is 330 g/mol. The van der Waals surface area contributed by atoms with Gasteiger partial charge in [0.25, 0.3) is 0 Å². The van der Waals surface area contributed by atoms with E-state index in [1.807, 2.05) is 0 Å². The molecule has 0 aliphatic heterocycles. The number of allylic oxidation sites excluding steroid dienone is 4. The zero-order valence-electron chi connectivity index (χ0n) is 16.1. The van der Waals surface area contributed by atoms with Crippen molar-refractivity contribution < 1.29 is 13.5 Å². The minimum Gasteiger partial charge on any atom is -0.491 e. The molecule has 0 amide bonds. The second-order valence-corrected chi connectivity index (χ2v) is 7.14. The van der Waals surface area contributed by atoms with Crippen molar-refractivity contribution in [1.29, 1.82) is 0 Å². The summed E-state index contributed by atoms with van der Waals surface area (Å²) in [6, 6.07) is 3.15. The highest BCUT2D eigenvalue weighted by molar-refractivity contribution is 5.31. The third-order valence-corrected chi connectivity index (χ3v) is 5.10. The molecule has 0 atom stereocenters. The van der Waals surface area contributed by atoms with Crippen LogP contribution in [0.1, 0.15) is 64.4 Å². The smallest absolute Gasteiger partial charge is 0.200 e. The minimum atomic E-state index is -0.872. The van der Waals surface area contributed by atoms with E-state index < -0.39 is 11.6 Å². The number of aryl methyl sites for hydroxylation is 1. The van der Waals surface area contributed by atoms with Crippen LogP contribution in [0.3, 0.4) is 0 Å². The number of ether oxygens (including phenoxy) is 1. The Morgan fingerprint density at radius 3 is 2.12 bits per heavy atom. The summed E-state index contributed by atoms with van der Waals surface area (Å²) in [5.41, 5.74) is 0.417. The van der Waals surface area contributed by atoms with Crippen molar-refractivity contribution in [2.45, 2.75) is 65.2 Å². The molecule has 0 spiro atoms. The Morgan fingerprint density at radius 1 is 0.923 bits per heavy atom. The van der Waals surface area contributed by atoms with Crippen LogP contribution in [0.2, 0.25) is 0 Å². The lowest BCUT2D eigenvalue weighted by atomic mass is 9.81. The van der Waals surface area contributed by atoms with Gasteiger partial charge in [-0.1, -0.05) is 43.7 Å². The summed E-state index contributed by atoms with van der Waals surface area (Å²) in [6.07, 6.45) is 17.7. The quantitative estimate of drug-likeness (QED) is 0.429. The SMILES string of the molecule is CCC/C=C/C1CCC(/C=C/CCc2ccc(OCC)c(F)c2F)CC1. The minimum absolute atomic E-state index is 0.00552. The summed E-state index contributed by atoms with van der Waals surface area (Å²) in [5.74, 6) is -0.277. The summed E-state index contributed by atoms with van der Waals surface area (Å²) < 4.78 is 33.0. The van der Waals surface area contributed by atoms with Crippen LogP contribution in [0.25, 0.3) is 0 Å². The molecule has 1 aromatic rings. The third kappa shape index (κ3) is 6.26.